The van der Waals surface area contributed by atoms with E-state index in [4.69, 9.17) is 0 Å². The number of hydrogen-bond acceptors (Lipinski definition) is 5. The van der Waals surface area contributed by atoms with Crippen LogP contribution in [0.15, 0.2) is 53.3 Å². The summed E-state index contributed by atoms with van der Waals surface area (Å²) in [6, 6.07) is 10.8. The average Bonchev–Trinajstić information content (AvgIpc) is 3.42. The van der Waals surface area contributed by atoms with Gasteiger partial charge in [0, 0.05) is 34.5 Å². The molecule has 0 amide bonds. The van der Waals surface area contributed by atoms with Crippen LogP contribution in [-0.4, -0.2) is 21.0 Å². The lowest BCUT2D eigenvalue weighted by Gasteiger charge is -2.11. The fraction of sp³-hybridized carbons (Fsp3) is 0.167. The second-order valence-electron chi connectivity index (χ2n) is 5.87. The minimum absolute atomic E-state index is 0.354. The van der Waals surface area contributed by atoms with Gasteiger partial charge in [0.25, 0.3) is 0 Å². The first-order valence-corrected chi connectivity index (χ1v) is 8.75. The summed E-state index contributed by atoms with van der Waals surface area (Å²) >= 11 is 3.26. The molecule has 2 N–H and O–H groups in total. The Hall–Kier alpha value is -2.54. The Bertz CT molecular complexity index is 899. The summed E-state index contributed by atoms with van der Waals surface area (Å²) in [4.78, 5) is 13.2. The van der Waals surface area contributed by atoms with Gasteiger partial charge in [-0.2, -0.15) is 4.98 Å². The molecule has 2 aromatic heterocycles. The topological polar surface area (TPSA) is 62.7 Å². The molecule has 0 bridgehead atoms. The lowest BCUT2D eigenvalue weighted by Crippen LogP contribution is -2.08. The van der Waals surface area contributed by atoms with Gasteiger partial charge in [0.2, 0.25) is 5.95 Å². The van der Waals surface area contributed by atoms with Crippen molar-refractivity contribution >= 4 is 33.4 Å². The Morgan fingerprint density at radius 1 is 1.12 bits per heavy atom. The van der Waals surface area contributed by atoms with Gasteiger partial charge < -0.3 is 10.6 Å². The Morgan fingerprint density at radius 3 is 2.72 bits per heavy atom. The summed E-state index contributed by atoms with van der Waals surface area (Å²) in [5.41, 5.74) is 1.96. The van der Waals surface area contributed by atoms with Crippen LogP contribution in [0.5, 0.6) is 0 Å². The smallest absolute Gasteiger partial charge is 0.225 e. The highest BCUT2D eigenvalue weighted by Gasteiger charge is 2.22. The van der Waals surface area contributed by atoms with Crippen molar-refractivity contribution in [2.24, 2.45) is 0 Å². The molecule has 1 aliphatic carbocycles. The maximum atomic E-state index is 14.1. The highest BCUT2D eigenvalue weighted by Crippen LogP contribution is 2.28. The Kier molecular flexibility index (Phi) is 4.31. The number of benzene rings is 1. The van der Waals surface area contributed by atoms with E-state index >= 15 is 0 Å². The average molecular weight is 400 g/mol. The van der Waals surface area contributed by atoms with E-state index in [9.17, 15) is 4.39 Å². The SMILES string of the molecule is Fc1cc(Br)ccc1Nc1cc(-c2cccnc2)nc(NC2CC2)n1. The van der Waals surface area contributed by atoms with Crippen LogP contribution in [0, 0.1) is 5.82 Å². The number of halogens is 2. The van der Waals surface area contributed by atoms with Gasteiger partial charge in [-0.15, -0.1) is 0 Å². The molecule has 5 nitrogen and oxygen atoms in total. The van der Waals surface area contributed by atoms with Crippen molar-refractivity contribution in [2.75, 3.05) is 10.6 Å². The van der Waals surface area contributed by atoms with Crippen molar-refractivity contribution < 1.29 is 4.39 Å². The number of aromatic nitrogens is 3. The van der Waals surface area contributed by atoms with Gasteiger partial charge in [-0.25, -0.2) is 9.37 Å². The van der Waals surface area contributed by atoms with Gasteiger partial charge in [0.1, 0.15) is 11.6 Å². The standard InChI is InChI=1S/C18H15BrFN5/c19-12-3-6-15(14(20)8-12)23-17-9-16(11-2-1-7-21-10-11)24-18(25-17)22-13-4-5-13/h1-3,6-10,13H,4-5H2,(H2,22,23,24,25). The van der Waals surface area contributed by atoms with E-state index in [1.165, 1.54) is 6.07 Å². The van der Waals surface area contributed by atoms with E-state index in [1.54, 1.807) is 30.6 Å². The Labute approximate surface area is 152 Å². The first kappa shape index (κ1) is 16.0. The number of nitrogens with one attached hydrogen (secondary N) is 2. The zero-order valence-electron chi connectivity index (χ0n) is 13.2. The summed E-state index contributed by atoms with van der Waals surface area (Å²) in [5, 5.41) is 6.33. The summed E-state index contributed by atoms with van der Waals surface area (Å²) in [6.07, 6.45) is 5.69. The van der Waals surface area contributed by atoms with Gasteiger partial charge in [-0.3, -0.25) is 4.98 Å². The molecule has 0 radical (unpaired) electrons. The van der Waals surface area contributed by atoms with Crippen molar-refractivity contribution in [3.63, 3.8) is 0 Å². The van der Waals surface area contributed by atoms with E-state index in [2.05, 4.69) is 41.5 Å². The van der Waals surface area contributed by atoms with Gasteiger partial charge in [-0.05, 0) is 43.2 Å². The Balaban J connectivity index is 1.70. The van der Waals surface area contributed by atoms with Gasteiger partial charge in [0.05, 0.1) is 11.4 Å². The van der Waals surface area contributed by atoms with Crippen molar-refractivity contribution in [3.8, 4) is 11.3 Å². The van der Waals surface area contributed by atoms with E-state index in [0.29, 0.717) is 28.0 Å². The van der Waals surface area contributed by atoms with Crippen molar-refractivity contribution in [1.29, 1.82) is 0 Å². The molecule has 0 atom stereocenters. The van der Waals surface area contributed by atoms with Crippen LogP contribution in [0.4, 0.5) is 21.8 Å². The summed E-state index contributed by atoms with van der Waals surface area (Å²) < 4.78 is 14.8. The maximum absolute atomic E-state index is 14.1. The molecule has 0 aliphatic heterocycles. The molecule has 2 heterocycles. The second kappa shape index (κ2) is 6.76. The van der Waals surface area contributed by atoms with Gasteiger partial charge in [0.15, 0.2) is 0 Å². The number of nitrogens with zero attached hydrogens (tertiary/aromatic N) is 3. The molecular formula is C18H15BrFN5. The van der Waals surface area contributed by atoms with E-state index in [0.717, 1.165) is 24.1 Å². The highest BCUT2D eigenvalue weighted by molar-refractivity contribution is 9.10. The molecule has 3 aromatic rings. The minimum atomic E-state index is -0.354. The Morgan fingerprint density at radius 2 is 2.00 bits per heavy atom. The molecule has 1 aliphatic rings. The molecule has 4 rings (SSSR count). The third kappa shape index (κ3) is 3.93. The van der Waals surface area contributed by atoms with Crippen LogP contribution in [0.1, 0.15) is 12.8 Å². The number of rotatable bonds is 5. The monoisotopic (exact) mass is 399 g/mol. The third-order valence-corrected chi connectivity index (χ3v) is 4.28. The summed E-state index contributed by atoms with van der Waals surface area (Å²) in [6.45, 7) is 0. The van der Waals surface area contributed by atoms with Crippen molar-refractivity contribution in [2.45, 2.75) is 18.9 Å². The lowest BCUT2D eigenvalue weighted by atomic mass is 10.2. The molecule has 0 unspecified atom stereocenters. The summed E-state index contributed by atoms with van der Waals surface area (Å²) in [7, 11) is 0. The fourth-order valence-electron chi connectivity index (χ4n) is 2.38. The molecule has 25 heavy (non-hydrogen) atoms. The predicted octanol–water partition coefficient (Wildman–Crippen LogP) is 4.76. The maximum Gasteiger partial charge on any atom is 0.225 e. The normalized spacial score (nSPS) is 13.5. The molecule has 126 valence electrons. The van der Waals surface area contributed by atoms with Crippen LogP contribution in [0.3, 0.4) is 0 Å². The van der Waals surface area contributed by atoms with Gasteiger partial charge in [-0.1, -0.05) is 15.9 Å². The number of anilines is 3. The molecule has 1 aromatic carbocycles. The van der Waals surface area contributed by atoms with E-state index < -0.39 is 0 Å². The molecule has 0 spiro atoms. The lowest BCUT2D eigenvalue weighted by molar-refractivity contribution is 0.631. The molecular weight excluding hydrogens is 385 g/mol. The fourth-order valence-corrected chi connectivity index (χ4v) is 2.71. The van der Waals surface area contributed by atoms with Crippen molar-refractivity contribution in [3.05, 3.63) is 59.1 Å². The van der Waals surface area contributed by atoms with Gasteiger partial charge >= 0.3 is 0 Å². The highest BCUT2D eigenvalue weighted by atomic mass is 79.9. The van der Waals surface area contributed by atoms with E-state index in [-0.39, 0.29) is 5.82 Å². The van der Waals surface area contributed by atoms with E-state index in [1.807, 2.05) is 12.1 Å². The quantitative estimate of drug-likeness (QED) is 0.647. The third-order valence-electron chi connectivity index (χ3n) is 3.79. The van der Waals surface area contributed by atoms with Crippen LogP contribution in [0.2, 0.25) is 0 Å². The first-order chi connectivity index (χ1) is 12.2. The largest absolute Gasteiger partial charge is 0.351 e. The summed E-state index contributed by atoms with van der Waals surface area (Å²) in [5.74, 6) is 0.703. The minimum Gasteiger partial charge on any atom is -0.351 e. The second-order valence-corrected chi connectivity index (χ2v) is 6.79. The molecule has 1 fully saturated rings. The van der Waals surface area contributed by atoms with Crippen LogP contribution < -0.4 is 10.6 Å². The molecule has 0 saturated heterocycles. The van der Waals surface area contributed by atoms with Crippen molar-refractivity contribution in [1.82, 2.24) is 15.0 Å². The van der Waals surface area contributed by atoms with Crippen LogP contribution >= 0.6 is 15.9 Å². The van der Waals surface area contributed by atoms with Crippen LogP contribution in [-0.2, 0) is 0 Å². The zero-order valence-corrected chi connectivity index (χ0v) is 14.8. The molecule has 1 saturated carbocycles. The zero-order chi connectivity index (χ0) is 17.2. The number of pyridine rings is 1. The predicted molar refractivity (Wildman–Crippen MR) is 99.3 cm³/mol. The van der Waals surface area contributed by atoms with Crippen LogP contribution in [0.25, 0.3) is 11.3 Å². The molecule has 7 heteroatoms. The first-order valence-electron chi connectivity index (χ1n) is 7.95. The number of hydrogen-bond donors (Lipinski definition) is 2.